The minimum atomic E-state index is -0.0485. The summed E-state index contributed by atoms with van der Waals surface area (Å²) in [7, 11) is 3.17. The maximum absolute atomic E-state index is 11.4. The molecule has 19 heavy (non-hydrogen) atoms. The molecule has 0 N–H and O–H groups in total. The van der Waals surface area contributed by atoms with Gasteiger partial charge >= 0.3 is 5.97 Å². The second kappa shape index (κ2) is 5.64. The fourth-order valence-electron chi connectivity index (χ4n) is 2.69. The Morgan fingerprint density at radius 2 is 2.00 bits per heavy atom. The van der Waals surface area contributed by atoms with Crippen LogP contribution in [0.1, 0.15) is 29.5 Å². The van der Waals surface area contributed by atoms with E-state index in [0.717, 1.165) is 25.0 Å². The molecule has 1 aliphatic rings. The quantitative estimate of drug-likeness (QED) is 0.765. The monoisotopic (exact) mass is 262 g/mol. The number of ether oxygens (including phenoxy) is 2. The first-order valence-electron chi connectivity index (χ1n) is 6.78. The smallest absolute Gasteiger partial charge is 0.308 e. The molecule has 2 unspecified atom stereocenters. The minimum absolute atomic E-state index is 0.0485. The van der Waals surface area contributed by atoms with Gasteiger partial charge in [-0.05, 0) is 61.8 Å². The van der Waals surface area contributed by atoms with Gasteiger partial charge in [-0.2, -0.15) is 0 Å². The standard InChI is InChI=1S/C16H22O3/c1-10-8-15(18-3)11(2)7-12(10)5-6-13-9-14(13)16(17)19-4/h7-8,13-14H,5-6,9H2,1-4H3. The highest BCUT2D eigenvalue weighted by molar-refractivity contribution is 5.75. The lowest BCUT2D eigenvalue weighted by Crippen LogP contribution is -2.05. The van der Waals surface area contributed by atoms with Gasteiger partial charge in [-0.1, -0.05) is 6.07 Å². The summed E-state index contributed by atoms with van der Waals surface area (Å²) >= 11 is 0. The van der Waals surface area contributed by atoms with E-state index in [9.17, 15) is 4.79 Å². The molecule has 1 fully saturated rings. The van der Waals surface area contributed by atoms with Crippen LogP contribution in [0.5, 0.6) is 5.75 Å². The first-order valence-corrected chi connectivity index (χ1v) is 6.78. The van der Waals surface area contributed by atoms with Crippen molar-refractivity contribution in [2.75, 3.05) is 14.2 Å². The van der Waals surface area contributed by atoms with E-state index >= 15 is 0 Å². The summed E-state index contributed by atoms with van der Waals surface area (Å²) in [6.45, 7) is 4.18. The lowest BCUT2D eigenvalue weighted by Gasteiger charge is -2.11. The van der Waals surface area contributed by atoms with Gasteiger partial charge < -0.3 is 9.47 Å². The van der Waals surface area contributed by atoms with Crippen LogP contribution in [0.15, 0.2) is 12.1 Å². The van der Waals surface area contributed by atoms with Crippen LogP contribution in [0.3, 0.4) is 0 Å². The normalized spacial score (nSPS) is 21.1. The Bertz CT molecular complexity index is 479. The zero-order valence-corrected chi connectivity index (χ0v) is 12.2. The average Bonchev–Trinajstić information content (AvgIpc) is 3.18. The summed E-state index contributed by atoms with van der Waals surface area (Å²) < 4.78 is 10.1. The maximum atomic E-state index is 11.4. The average molecular weight is 262 g/mol. The number of esters is 1. The van der Waals surface area contributed by atoms with Gasteiger partial charge in [0.25, 0.3) is 0 Å². The van der Waals surface area contributed by atoms with E-state index in [1.165, 1.54) is 23.8 Å². The molecule has 0 radical (unpaired) electrons. The molecule has 0 heterocycles. The number of carbonyl (C=O) groups excluding carboxylic acids is 1. The second-order valence-corrected chi connectivity index (χ2v) is 5.41. The topological polar surface area (TPSA) is 35.5 Å². The fraction of sp³-hybridized carbons (Fsp3) is 0.562. The number of benzene rings is 1. The van der Waals surface area contributed by atoms with Crippen molar-refractivity contribution in [3.63, 3.8) is 0 Å². The van der Waals surface area contributed by atoms with Gasteiger partial charge in [-0.15, -0.1) is 0 Å². The van der Waals surface area contributed by atoms with Crippen LogP contribution < -0.4 is 4.74 Å². The number of rotatable bonds is 5. The predicted molar refractivity (Wildman–Crippen MR) is 74.4 cm³/mol. The summed E-state index contributed by atoms with van der Waals surface area (Å²) in [5.74, 6) is 1.55. The van der Waals surface area contributed by atoms with Crippen molar-refractivity contribution in [2.24, 2.45) is 11.8 Å². The summed E-state index contributed by atoms with van der Waals surface area (Å²) in [4.78, 5) is 11.4. The second-order valence-electron chi connectivity index (χ2n) is 5.41. The van der Waals surface area contributed by atoms with Crippen LogP contribution in [-0.4, -0.2) is 20.2 Å². The molecule has 2 rings (SSSR count). The maximum Gasteiger partial charge on any atom is 0.308 e. The van der Waals surface area contributed by atoms with E-state index < -0.39 is 0 Å². The zero-order valence-electron chi connectivity index (χ0n) is 12.2. The Labute approximate surface area is 114 Å². The Morgan fingerprint density at radius 1 is 1.26 bits per heavy atom. The molecule has 1 saturated carbocycles. The molecule has 1 aliphatic carbocycles. The molecule has 3 heteroatoms. The van der Waals surface area contributed by atoms with Crippen LogP contribution in [0.2, 0.25) is 0 Å². The van der Waals surface area contributed by atoms with Crippen molar-refractivity contribution < 1.29 is 14.3 Å². The van der Waals surface area contributed by atoms with Crippen LogP contribution in [0.25, 0.3) is 0 Å². The molecule has 0 spiro atoms. The summed E-state index contributed by atoms with van der Waals surface area (Å²) in [5.41, 5.74) is 3.79. The highest BCUT2D eigenvalue weighted by Crippen LogP contribution is 2.43. The van der Waals surface area contributed by atoms with Gasteiger partial charge in [0.15, 0.2) is 0 Å². The van der Waals surface area contributed by atoms with E-state index in [1.54, 1.807) is 7.11 Å². The fourth-order valence-corrected chi connectivity index (χ4v) is 2.69. The molecule has 3 nitrogen and oxygen atoms in total. The van der Waals surface area contributed by atoms with Gasteiger partial charge in [0, 0.05) is 0 Å². The molecule has 0 aromatic heterocycles. The van der Waals surface area contributed by atoms with Crippen molar-refractivity contribution in [3.05, 3.63) is 28.8 Å². The Kier molecular flexibility index (Phi) is 4.13. The molecule has 0 saturated heterocycles. The molecule has 1 aromatic rings. The van der Waals surface area contributed by atoms with Gasteiger partial charge in [-0.3, -0.25) is 4.79 Å². The Balaban J connectivity index is 1.94. The van der Waals surface area contributed by atoms with Crippen molar-refractivity contribution in [1.29, 1.82) is 0 Å². The molecule has 0 bridgehead atoms. The number of methoxy groups -OCH3 is 2. The highest BCUT2D eigenvalue weighted by atomic mass is 16.5. The lowest BCUT2D eigenvalue weighted by molar-refractivity contribution is -0.142. The largest absolute Gasteiger partial charge is 0.496 e. The van der Waals surface area contributed by atoms with E-state index in [-0.39, 0.29) is 11.9 Å². The van der Waals surface area contributed by atoms with Gasteiger partial charge in [-0.25, -0.2) is 0 Å². The molecule has 1 aromatic carbocycles. The van der Waals surface area contributed by atoms with E-state index in [1.807, 2.05) is 0 Å². The highest BCUT2D eigenvalue weighted by Gasteiger charge is 2.43. The first kappa shape index (κ1) is 13.9. The Hall–Kier alpha value is -1.51. The molecule has 0 amide bonds. The van der Waals surface area contributed by atoms with Crippen molar-refractivity contribution in [1.82, 2.24) is 0 Å². The summed E-state index contributed by atoms with van der Waals surface area (Å²) in [6.07, 6.45) is 3.07. The van der Waals surface area contributed by atoms with Gasteiger partial charge in [0.05, 0.1) is 20.1 Å². The van der Waals surface area contributed by atoms with Gasteiger partial charge in [0.1, 0.15) is 5.75 Å². The van der Waals surface area contributed by atoms with E-state index in [2.05, 4.69) is 26.0 Å². The van der Waals surface area contributed by atoms with Gasteiger partial charge in [0.2, 0.25) is 0 Å². The SMILES string of the molecule is COC(=O)C1CC1CCc1cc(C)c(OC)cc1C. The van der Waals surface area contributed by atoms with E-state index in [4.69, 9.17) is 9.47 Å². The third kappa shape index (κ3) is 3.09. The van der Waals surface area contributed by atoms with Crippen LogP contribution >= 0.6 is 0 Å². The number of hydrogen-bond donors (Lipinski definition) is 0. The predicted octanol–water partition coefficient (Wildman–Crippen LogP) is 3.05. The molecule has 0 aliphatic heterocycles. The number of aryl methyl sites for hydroxylation is 3. The number of hydrogen-bond acceptors (Lipinski definition) is 3. The van der Waals surface area contributed by atoms with Crippen LogP contribution in [0, 0.1) is 25.7 Å². The van der Waals surface area contributed by atoms with E-state index in [0.29, 0.717) is 5.92 Å². The van der Waals surface area contributed by atoms with Crippen molar-refractivity contribution in [3.8, 4) is 5.75 Å². The van der Waals surface area contributed by atoms with Crippen LogP contribution in [0.4, 0.5) is 0 Å². The Morgan fingerprint density at radius 3 is 2.63 bits per heavy atom. The third-order valence-corrected chi connectivity index (χ3v) is 4.06. The van der Waals surface area contributed by atoms with Crippen molar-refractivity contribution >= 4 is 5.97 Å². The molecular weight excluding hydrogens is 240 g/mol. The first-order chi connectivity index (χ1) is 9.06. The molecular formula is C16H22O3. The van der Waals surface area contributed by atoms with Crippen molar-refractivity contribution in [2.45, 2.75) is 33.1 Å². The molecule has 104 valence electrons. The summed E-state index contributed by atoms with van der Waals surface area (Å²) in [5, 5.41) is 0. The van der Waals surface area contributed by atoms with Crippen LogP contribution in [-0.2, 0) is 16.0 Å². The number of carbonyl (C=O) groups is 1. The zero-order chi connectivity index (χ0) is 14.0. The minimum Gasteiger partial charge on any atom is -0.496 e. The summed E-state index contributed by atoms with van der Waals surface area (Å²) in [6, 6.07) is 4.29. The molecule has 2 atom stereocenters. The third-order valence-electron chi connectivity index (χ3n) is 4.06. The lowest BCUT2D eigenvalue weighted by atomic mass is 9.99.